The third-order valence-corrected chi connectivity index (χ3v) is 6.02. The van der Waals surface area contributed by atoms with Gasteiger partial charge in [-0.1, -0.05) is 17.7 Å². The summed E-state index contributed by atoms with van der Waals surface area (Å²) in [5, 5.41) is 9.19. The van der Waals surface area contributed by atoms with Crippen molar-refractivity contribution in [1.29, 1.82) is 0 Å². The van der Waals surface area contributed by atoms with Gasteiger partial charge < -0.3 is 25.4 Å². The van der Waals surface area contributed by atoms with Gasteiger partial charge in [-0.05, 0) is 77.6 Å². The monoisotopic (exact) mass is 530 g/mol. The zero-order valence-electron chi connectivity index (χ0n) is 21.7. The van der Waals surface area contributed by atoms with Gasteiger partial charge in [0.25, 0.3) is 5.91 Å². The first kappa shape index (κ1) is 28.2. The number of aromatic nitrogens is 1. The lowest BCUT2D eigenvalue weighted by molar-refractivity contribution is -0.115. The van der Waals surface area contributed by atoms with Crippen molar-refractivity contribution >= 4 is 35.3 Å². The van der Waals surface area contributed by atoms with Gasteiger partial charge in [0.05, 0.1) is 18.1 Å². The minimum absolute atomic E-state index is 0.00465. The summed E-state index contributed by atoms with van der Waals surface area (Å²) in [6, 6.07) is 8.38. The molecule has 200 valence electrons. The third kappa shape index (κ3) is 8.93. The van der Waals surface area contributed by atoms with Gasteiger partial charge in [0.2, 0.25) is 5.91 Å². The zero-order valence-corrected chi connectivity index (χ0v) is 22.5. The van der Waals surface area contributed by atoms with Gasteiger partial charge in [-0.25, -0.2) is 9.78 Å². The molecule has 0 unspecified atom stereocenters. The van der Waals surface area contributed by atoms with E-state index in [-0.39, 0.29) is 30.3 Å². The summed E-state index contributed by atoms with van der Waals surface area (Å²) in [4.78, 5) is 42.2. The standard InChI is InChI=1S/C27H35ClN4O5/c1-5-36-22-8-6-7-20(21(22)15-24(33)32-23-14-9-17(28)16-29-23)25(34)30-18-10-12-19(13-11-18)31-26(35)37-27(2,3)4/h6-9,14,16,18-19H,5,10-13,15H2,1-4H3,(H,30,34)(H,31,35)(H,29,32,33). The fourth-order valence-corrected chi connectivity index (χ4v) is 4.28. The summed E-state index contributed by atoms with van der Waals surface area (Å²) in [6.45, 7) is 7.72. The van der Waals surface area contributed by atoms with Crippen molar-refractivity contribution in [3.05, 3.63) is 52.7 Å². The van der Waals surface area contributed by atoms with Crippen LogP contribution in [0.1, 0.15) is 69.3 Å². The second-order valence-electron chi connectivity index (χ2n) is 9.97. The summed E-state index contributed by atoms with van der Waals surface area (Å²) in [7, 11) is 0. The van der Waals surface area contributed by atoms with Crippen LogP contribution in [0.5, 0.6) is 5.75 Å². The molecule has 3 rings (SSSR count). The Bertz CT molecular complexity index is 1090. The van der Waals surface area contributed by atoms with Crippen molar-refractivity contribution in [3.8, 4) is 5.75 Å². The van der Waals surface area contributed by atoms with E-state index in [2.05, 4.69) is 20.9 Å². The van der Waals surface area contributed by atoms with E-state index in [1.807, 2.05) is 27.7 Å². The minimum atomic E-state index is -0.550. The minimum Gasteiger partial charge on any atom is -0.494 e. The lowest BCUT2D eigenvalue weighted by atomic mass is 9.91. The number of carbonyl (C=O) groups is 3. The first-order valence-corrected chi connectivity index (χ1v) is 12.9. The molecule has 0 aliphatic heterocycles. The van der Waals surface area contributed by atoms with E-state index in [9.17, 15) is 14.4 Å². The Morgan fingerprint density at radius 2 is 1.70 bits per heavy atom. The van der Waals surface area contributed by atoms with Gasteiger partial charge in [0, 0.05) is 29.4 Å². The van der Waals surface area contributed by atoms with Gasteiger partial charge in [-0.15, -0.1) is 0 Å². The second kappa shape index (κ2) is 12.8. The molecule has 0 bridgehead atoms. The molecule has 2 aromatic rings. The van der Waals surface area contributed by atoms with Crippen LogP contribution in [-0.2, 0) is 16.0 Å². The molecular formula is C27H35ClN4O5. The van der Waals surface area contributed by atoms with E-state index >= 15 is 0 Å². The Morgan fingerprint density at radius 1 is 1.03 bits per heavy atom. The van der Waals surface area contributed by atoms with E-state index in [4.69, 9.17) is 21.1 Å². The number of nitrogens with one attached hydrogen (secondary N) is 3. The van der Waals surface area contributed by atoms with Crippen LogP contribution >= 0.6 is 11.6 Å². The number of nitrogens with zero attached hydrogens (tertiary/aromatic N) is 1. The number of pyridine rings is 1. The van der Waals surface area contributed by atoms with Crippen molar-refractivity contribution in [2.24, 2.45) is 0 Å². The lowest BCUT2D eigenvalue weighted by Crippen LogP contribution is -2.45. The van der Waals surface area contributed by atoms with E-state index in [0.717, 1.165) is 25.7 Å². The van der Waals surface area contributed by atoms with Crippen LogP contribution in [0.3, 0.4) is 0 Å². The highest BCUT2D eigenvalue weighted by atomic mass is 35.5. The highest BCUT2D eigenvalue weighted by Gasteiger charge is 2.27. The maximum absolute atomic E-state index is 13.3. The topological polar surface area (TPSA) is 119 Å². The SMILES string of the molecule is CCOc1cccc(C(=O)NC2CCC(NC(=O)OC(C)(C)C)CC2)c1CC(=O)Nc1ccc(Cl)cn1. The normalized spacial score (nSPS) is 17.4. The van der Waals surface area contributed by atoms with Crippen molar-refractivity contribution in [2.45, 2.75) is 77.5 Å². The number of amides is 3. The number of halogens is 1. The molecule has 0 radical (unpaired) electrons. The van der Waals surface area contributed by atoms with Crippen LogP contribution in [0.2, 0.25) is 5.02 Å². The highest BCUT2D eigenvalue weighted by Crippen LogP contribution is 2.26. The molecule has 1 saturated carbocycles. The molecule has 0 saturated heterocycles. The number of rotatable bonds is 8. The predicted octanol–water partition coefficient (Wildman–Crippen LogP) is 4.88. The zero-order chi connectivity index (χ0) is 27.0. The maximum atomic E-state index is 13.3. The number of hydrogen-bond donors (Lipinski definition) is 3. The fourth-order valence-electron chi connectivity index (χ4n) is 4.17. The second-order valence-corrected chi connectivity index (χ2v) is 10.4. The molecule has 3 N–H and O–H groups in total. The molecule has 1 aliphatic rings. The number of anilines is 1. The van der Waals surface area contributed by atoms with Gasteiger partial charge in [-0.2, -0.15) is 0 Å². The van der Waals surface area contributed by atoms with Crippen LogP contribution in [0.15, 0.2) is 36.5 Å². The molecule has 10 heteroatoms. The largest absolute Gasteiger partial charge is 0.494 e. The lowest BCUT2D eigenvalue weighted by Gasteiger charge is -2.30. The molecule has 1 aliphatic carbocycles. The molecule has 0 atom stereocenters. The van der Waals surface area contributed by atoms with Crippen LogP contribution in [0, 0.1) is 0 Å². The van der Waals surface area contributed by atoms with Crippen LogP contribution in [0.25, 0.3) is 0 Å². The average Bonchev–Trinajstić information content (AvgIpc) is 2.82. The van der Waals surface area contributed by atoms with E-state index in [1.165, 1.54) is 6.20 Å². The molecule has 3 amide bonds. The van der Waals surface area contributed by atoms with Crippen LogP contribution in [-0.4, -0.2) is 47.2 Å². The molecule has 9 nitrogen and oxygen atoms in total. The van der Waals surface area contributed by atoms with Crippen molar-refractivity contribution in [1.82, 2.24) is 15.6 Å². The molecule has 0 spiro atoms. The Hall–Kier alpha value is -3.33. The summed E-state index contributed by atoms with van der Waals surface area (Å²) in [5.41, 5.74) is 0.346. The quantitative estimate of drug-likeness (QED) is 0.447. The number of benzene rings is 1. The van der Waals surface area contributed by atoms with Gasteiger partial charge in [-0.3, -0.25) is 9.59 Å². The third-order valence-electron chi connectivity index (χ3n) is 5.79. The average molecular weight is 531 g/mol. The number of hydrogen-bond acceptors (Lipinski definition) is 6. The number of alkyl carbamates (subject to hydrolysis) is 1. The van der Waals surface area contributed by atoms with Gasteiger partial charge >= 0.3 is 6.09 Å². The van der Waals surface area contributed by atoms with Crippen molar-refractivity contribution in [3.63, 3.8) is 0 Å². The van der Waals surface area contributed by atoms with E-state index in [1.54, 1.807) is 30.3 Å². The van der Waals surface area contributed by atoms with E-state index in [0.29, 0.717) is 34.3 Å². The molecular weight excluding hydrogens is 496 g/mol. The molecule has 37 heavy (non-hydrogen) atoms. The summed E-state index contributed by atoms with van der Waals surface area (Å²) < 4.78 is 11.1. The first-order chi connectivity index (χ1) is 17.5. The molecule has 1 aromatic carbocycles. The Morgan fingerprint density at radius 3 is 2.30 bits per heavy atom. The Balaban J connectivity index is 1.63. The van der Waals surface area contributed by atoms with Crippen LogP contribution in [0.4, 0.5) is 10.6 Å². The predicted molar refractivity (Wildman–Crippen MR) is 142 cm³/mol. The highest BCUT2D eigenvalue weighted by molar-refractivity contribution is 6.30. The Labute approximate surface area is 222 Å². The smallest absolute Gasteiger partial charge is 0.407 e. The summed E-state index contributed by atoms with van der Waals surface area (Å²) in [6.07, 6.45) is 3.85. The molecule has 1 heterocycles. The fraction of sp³-hybridized carbons (Fsp3) is 0.481. The van der Waals surface area contributed by atoms with Gasteiger partial charge in [0.1, 0.15) is 17.2 Å². The maximum Gasteiger partial charge on any atom is 0.407 e. The van der Waals surface area contributed by atoms with Crippen molar-refractivity contribution in [2.75, 3.05) is 11.9 Å². The van der Waals surface area contributed by atoms with Crippen molar-refractivity contribution < 1.29 is 23.9 Å². The number of ether oxygens (including phenoxy) is 2. The van der Waals surface area contributed by atoms with Gasteiger partial charge in [0.15, 0.2) is 0 Å². The molecule has 1 aromatic heterocycles. The summed E-state index contributed by atoms with van der Waals surface area (Å²) in [5.74, 6) is 0.257. The Kier molecular flexibility index (Phi) is 9.74. The van der Waals surface area contributed by atoms with E-state index < -0.39 is 11.7 Å². The van der Waals surface area contributed by atoms with Crippen LogP contribution < -0.4 is 20.7 Å². The number of carbonyl (C=O) groups excluding carboxylic acids is 3. The first-order valence-electron chi connectivity index (χ1n) is 12.5. The molecule has 1 fully saturated rings. The summed E-state index contributed by atoms with van der Waals surface area (Å²) >= 11 is 5.86.